The van der Waals surface area contributed by atoms with Crippen LogP contribution < -0.4 is 11.5 Å². The zero-order chi connectivity index (χ0) is 11.3. The van der Waals surface area contributed by atoms with E-state index in [1.165, 1.54) is 0 Å². The summed E-state index contributed by atoms with van der Waals surface area (Å²) in [7, 11) is 0. The lowest BCUT2D eigenvalue weighted by Gasteiger charge is -2.25. The van der Waals surface area contributed by atoms with E-state index in [-0.39, 0.29) is 0 Å². The minimum atomic E-state index is -0.843. The van der Waals surface area contributed by atoms with E-state index in [1.807, 2.05) is 11.8 Å². The molecule has 1 amide bonds. The average molecular weight is 232 g/mol. The van der Waals surface area contributed by atoms with Crippen molar-refractivity contribution in [2.75, 3.05) is 19.0 Å². The molecule has 1 saturated heterocycles. The van der Waals surface area contributed by atoms with Crippen LogP contribution in [0.2, 0.25) is 0 Å². The van der Waals surface area contributed by atoms with Crippen LogP contribution in [-0.2, 0) is 9.53 Å². The molecule has 1 aliphatic rings. The Balaban J connectivity index is 1.98. The Hall–Kier alpha value is -0.260. The second kappa shape index (κ2) is 5.72. The van der Waals surface area contributed by atoms with Crippen molar-refractivity contribution >= 4 is 17.7 Å². The minimum Gasteiger partial charge on any atom is -0.379 e. The lowest BCUT2D eigenvalue weighted by molar-refractivity contribution is -0.122. The number of ether oxygens (including phenoxy) is 1. The van der Waals surface area contributed by atoms with Gasteiger partial charge in [0.05, 0.1) is 24.0 Å². The molecule has 1 heterocycles. The molecule has 4 N–H and O–H groups in total. The summed E-state index contributed by atoms with van der Waals surface area (Å²) in [6.45, 7) is 3.48. The van der Waals surface area contributed by atoms with E-state index >= 15 is 0 Å². The summed E-state index contributed by atoms with van der Waals surface area (Å²) in [6.07, 6.45) is 2.71. The third-order valence-corrected chi connectivity index (χ3v) is 3.88. The summed E-state index contributed by atoms with van der Waals surface area (Å²) < 4.78 is 5.08. The van der Waals surface area contributed by atoms with Crippen LogP contribution in [0.4, 0.5) is 0 Å². The van der Waals surface area contributed by atoms with Crippen molar-refractivity contribution in [3.63, 3.8) is 0 Å². The van der Waals surface area contributed by atoms with Crippen molar-refractivity contribution in [1.82, 2.24) is 0 Å². The van der Waals surface area contributed by atoms with Crippen LogP contribution in [0.1, 0.15) is 26.2 Å². The van der Waals surface area contributed by atoms with Gasteiger partial charge in [-0.3, -0.25) is 4.79 Å². The van der Waals surface area contributed by atoms with E-state index in [4.69, 9.17) is 16.2 Å². The molecule has 1 fully saturated rings. The predicted octanol–water partition coefficient (Wildman–Crippen LogP) is 0.491. The van der Waals surface area contributed by atoms with Crippen molar-refractivity contribution in [3.8, 4) is 0 Å². The van der Waals surface area contributed by atoms with Gasteiger partial charge in [0.25, 0.3) is 0 Å². The number of carbonyl (C=O) groups is 1. The quantitative estimate of drug-likeness (QED) is 0.626. The fourth-order valence-corrected chi connectivity index (χ4v) is 2.37. The zero-order valence-corrected chi connectivity index (χ0v) is 10.0. The molecule has 1 rings (SSSR count). The maximum Gasteiger partial charge on any atom is 0.237 e. The molecule has 0 bridgehead atoms. The van der Waals surface area contributed by atoms with Crippen LogP contribution in [0.5, 0.6) is 0 Å². The van der Waals surface area contributed by atoms with Gasteiger partial charge in [-0.25, -0.2) is 0 Å². The molecule has 1 atom stereocenters. The molecule has 5 heteroatoms. The molecule has 0 aliphatic carbocycles. The summed E-state index contributed by atoms with van der Waals surface area (Å²) in [5.74, 6) is 0.700. The van der Waals surface area contributed by atoms with Crippen LogP contribution in [0.15, 0.2) is 0 Å². The average Bonchev–Trinajstić information content (AvgIpc) is 2.07. The number of primary amides is 1. The first kappa shape index (κ1) is 12.8. The second-order valence-electron chi connectivity index (χ2n) is 4.27. The van der Waals surface area contributed by atoms with E-state index in [9.17, 15) is 4.79 Å². The van der Waals surface area contributed by atoms with Gasteiger partial charge < -0.3 is 16.2 Å². The van der Waals surface area contributed by atoms with Gasteiger partial charge in [-0.1, -0.05) is 6.42 Å². The third kappa shape index (κ3) is 4.40. The molecular formula is C10H20N2O2S. The molecule has 0 aromatic heterocycles. The van der Waals surface area contributed by atoms with Gasteiger partial charge in [0.2, 0.25) is 5.91 Å². The van der Waals surface area contributed by atoms with Crippen LogP contribution >= 0.6 is 11.8 Å². The molecule has 0 spiro atoms. The highest BCUT2D eigenvalue weighted by Gasteiger charge is 2.24. The van der Waals surface area contributed by atoms with Crippen molar-refractivity contribution in [2.24, 2.45) is 11.5 Å². The first-order chi connectivity index (χ1) is 7.02. The number of rotatable bonds is 7. The highest BCUT2D eigenvalue weighted by molar-refractivity contribution is 8.00. The minimum absolute atomic E-state index is 0.414. The largest absolute Gasteiger partial charge is 0.379 e. The fraction of sp³-hybridized carbons (Fsp3) is 0.900. The molecule has 1 aliphatic heterocycles. The molecule has 4 nitrogen and oxygen atoms in total. The summed E-state index contributed by atoms with van der Waals surface area (Å²) in [4.78, 5) is 10.9. The molecule has 15 heavy (non-hydrogen) atoms. The highest BCUT2D eigenvalue weighted by atomic mass is 32.2. The number of nitrogens with two attached hydrogens (primary N) is 2. The Bertz CT molecular complexity index is 217. The van der Waals surface area contributed by atoms with E-state index in [1.54, 1.807) is 6.92 Å². The van der Waals surface area contributed by atoms with Gasteiger partial charge in [0.1, 0.15) is 0 Å². The summed E-state index contributed by atoms with van der Waals surface area (Å²) in [5.41, 5.74) is 10.1. The standard InChI is InChI=1S/C10H20N2O2S/c1-10(12,9(11)13)4-2-3-5-15-8-6-14-7-8/h8H,2-7,12H2,1H3,(H2,11,13). The molecule has 88 valence electrons. The molecule has 0 aromatic rings. The Labute approximate surface area is 95.1 Å². The van der Waals surface area contributed by atoms with E-state index in [0.29, 0.717) is 11.7 Å². The van der Waals surface area contributed by atoms with Gasteiger partial charge in [0, 0.05) is 0 Å². The Morgan fingerprint density at radius 2 is 2.20 bits per heavy atom. The summed E-state index contributed by atoms with van der Waals surface area (Å²) >= 11 is 1.94. The van der Waals surface area contributed by atoms with Gasteiger partial charge in [0.15, 0.2) is 0 Å². The maximum atomic E-state index is 10.9. The second-order valence-corrected chi connectivity index (χ2v) is 5.68. The Kier molecular flexibility index (Phi) is 4.89. The normalized spacial score (nSPS) is 20.7. The predicted molar refractivity (Wildman–Crippen MR) is 62.7 cm³/mol. The monoisotopic (exact) mass is 232 g/mol. The van der Waals surface area contributed by atoms with Gasteiger partial charge >= 0.3 is 0 Å². The molecule has 0 radical (unpaired) electrons. The van der Waals surface area contributed by atoms with E-state index in [2.05, 4.69) is 0 Å². The molecular weight excluding hydrogens is 212 g/mol. The smallest absolute Gasteiger partial charge is 0.237 e. The topological polar surface area (TPSA) is 78.3 Å². The van der Waals surface area contributed by atoms with Crippen LogP contribution in [0, 0.1) is 0 Å². The van der Waals surface area contributed by atoms with Crippen LogP contribution in [0.25, 0.3) is 0 Å². The van der Waals surface area contributed by atoms with Crippen molar-refractivity contribution < 1.29 is 9.53 Å². The number of hydrogen-bond donors (Lipinski definition) is 2. The maximum absolute atomic E-state index is 10.9. The number of amides is 1. The number of hydrogen-bond acceptors (Lipinski definition) is 4. The lowest BCUT2D eigenvalue weighted by Crippen LogP contribution is -2.49. The third-order valence-electron chi connectivity index (χ3n) is 2.61. The molecule has 0 aromatic carbocycles. The number of thioether (sulfide) groups is 1. The molecule has 1 unspecified atom stereocenters. The van der Waals surface area contributed by atoms with Crippen LogP contribution in [-0.4, -0.2) is 35.7 Å². The zero-order valence-electron chi connectivity index (χ0n) is 9.20. The highest BCUT2D eigenvalue weighted by Crippen LogP contribution is 2.21. The van der Waals surface area contributed by atoms with Crippen molar-refractivity contribution in [1.29, 1.82) is 0 Å². The van der Waals surface area contributed by atoms with E-state index in [0.717, 1.165) is 31.8 Å². The van der Waals surface area contributed by atoms with E-state index < -0.39 is 11.4 Å². The lowest BCUT2D eigenvalue weighted by atomic mass is 9.96. The van der Waals surface area contributed by atoms with Crippen LogP contribution in [0.3, 0.4) is 0 Å². The van der Waals surface area contributed by atoms with Gasteiger partial charge in [-0.05, 0) is 25.5 Å². The SMILES string of the molecule is CC(N)(CCCCSC1COC1)C(N)=O. The Morgan fingerprint density at radius 3 is 2.67 bits per heavy atom. The van der Waals surface area contributed by atoms with Gasteiger partial charge in [-0.2, -0.15) is 11.8 Å². The number of unbranched alkanes of at least 4 members (excludes halogenated alkanes) is 1. The summed E-state index contributed by atoms with van der Waals surface area (Å²) in [5, 5.41) is 0.686. The van der Waals surface area contributed by atoms with Crippen molar-refractivity contribution in [2.45, 2.75) is 37.0 Å². The summed E-state index contributed by atoms with van der Waals surface area (Å²) in [6, 6.07) is 0. The Morgan fingerprint density at radius 1 is 1.53 bits per heavy atom. The number of carbonyl (C=O) groups excluding carboxylic acids is 1. The first-order valence-corrected chi connectivity index (χ1v) is 6.35. The van der Waals surface area contributed by atoms with Crippen molar-refractivity contribution in [3.05, 3.63) is 0 Å². The fourth-order valence-electron chi connectivity index (χ4n) is 1.28. The molecule has 0 saturated carbocycles. The first-order valence-electron chi connectivity index (χ1n) is 5.30. The van der Waals surface area contributed by atoms with Gasteiger partial charge in [-0.15, -0.1) is 0 Å².